The molecule has 0 aliphatic heterocycles. The topological polar surface area (TPSA) is 68.1 Å². The van der Waals surface area contributed by atoms with Crippen molar-refractivity contribution in [3.63, 3.8) is 0 Å². The van der Waals surface area contributed by atoms with Crippen molar-refractivity contribution >= 4 is 16.8 Å². The Kier molecular flexibility index (Phi) is 7.43. The Morgan fingerprint density at radius 1 is 1.25 bits per heavy atom. The summed E-state index contributed by atoms with van der Waals surface area (Å²) in [4.78, 5) is 18.0. The standard InChI is InChI=1S/C13H24N4O2S/c1-4-7-10-20(19)12-14-11-17(15-12)13(18)16(8-5-2)9-6-3/h11H,4-10H2,1-3H3. The Balaban J connectivity index is 2.74. The van der Waals surface area contributed by atoms with Crippen LogP contribution < -0.4 is 0 Å². The number of aromatic nitrogens is 3. The van der Waals surface area contributed by atoms with Gasteiger partial charge in [-0.05, 0) is 19.3 Å². The average molecular weight is 300 g/mol. The zero-order valence-electron chi connectivity index (χ0n) is 12.5. The van der Waals surface area contributed by atoms with Gasteiger partial charge >= 0.3 is 6.03 Å². The summed E-state index contributed by atoms with van der Waals surface area (Å²) in [6, 6.07) is -0.194. The van der Waals surface area contributed by atoms with Crippen LogP contribution in [0.1, 0.15) is 46.5 Å². The van der Waals surface area contributed by atoms with E-state index in [4.69, 9.17) is 0 Å². The minimum Gasteiger partial charge on any atom is -0.323 e. The van der Waals surface area contributed by atoms with Crippen LogP contribution in [0.5, 0.6) is 0 Å². The predicted octanol–water partition coefficient (Wildman–Crippen LogP) is 2.28. The van der Waals surface area contributed by atoms with E-state index in [1.165, 1.54) is 11.0 Å². The maximum absolute atomic E-state index is 12.3. The fourth-order valence-corrected chi connectivity index (χ4v) is 2.88. The highest BCUT2D eigenvalue weighted by atomic mass is 32.2. The van der Waals surface area contributed by atoms with Gasteiger partial charge < -0.3 is 4.90 Å². The van der Waals surface area contributed by atoms with Gasteiger partial charge in [0.25, 0.3) is 0 Å². The predicted molar refractivity (Wildman–Crippen MR) is 79.2 cm³/mol. The second kappa shape index (κ2) is 8.84. The molecule has 0 saturated heterocycles. The molecule has 1 rings (SSSR count). The number of carbonyl (C=O) groups excluding carboxylic acids is 1. The van der Waals surface area contributed by atoms with Crippen molar-refractivity contribution in [2.45, 2.75) is 51.6 Å². The SMILES string of the molecule is CCCCS(=O)c1ncn(C(=O)N(CCC)CCC)n1. The first-order valence-electron chi connectivity index (χ1n) is 7.23. The minimum atomic E-state index is -1.21. The summed E-state index contributed by atoms with van der Waals surface area (Å²) in [6.45, 7) is 7.49. The Morgan fingerprint density at radius 3 is 2.45 bits per heavy atom. The number of nitrogens with zero attached hydrogens (tertiary/aromatic N) is 4. The number of rotatable bonds is 8. The van der Waals surface area contributed by atoms with Gasteiger partial charge in [0.05, 0.1) is 10.8 Å². The van der Waals surface area contributed by atoms with E-state index in [0.717, 1.165) is 25.7 Å². The van der Waals surface area contributed by atoms with Gasteiger partial charge in [0.2, 0.25) is 5.16 Å². The highest BCUT2D eigenvalue weighted by molar-refractivity contribution is 7.84. The van der Waals surface area contributed by atoms with Crippen LogP contribution in [-0.4, -0.2) is 48.7 Å². The molecule has 0 N–H and O–H groups in total. The summed E-state index contributed by atoms with van der Waals surface area (Å²) in [7, 11) is -1.21. The summed E-state index contributed by atoms with van der Waals surface area (Å²) in [6.07, 6.45) is 5.00. The Labute approximate surface area is 123 Å². The van der Waals surface area contributed by atoms with Crippen molar-refractivity contribution in [3.05, 3.63) is 6.33 Å². The van der Waals surface area contributed by atoms with Crippen molar-refractivity contribution < 1.29 is 9.00 Å². The first kappa shape index (κ1) is 16.8. The van der Waals surface area contributed by atoms with E-state index in [2.05, 4.69) is 10.1 Å². The van der Waals surface area contributed by atoms with E-state index in [-0.39, 0.29) is 11.2 Å². The lowest BCUT2D eigenvalue weighted by molar-refractivity contribution is 0.196. The fraction of sp³-hybridized carbons (Fsp3) is 0.769. The van der Waals surface area contributed by atoms with Crippen LogP contribution in [-0.2, 0) is 10.8 Å². The molecule has 7 heteroatoms. The zero-order valence-corrected chi connectivity index (χ0v) is 13.4. The molecule has 0 aliphatic rings. The smallest absolute Gasteiger partial charge is 0.323 e. The van der Waals surface area contributed by atoms with Gasteiger partial charge in [0, 0.05) is 18.8 Å². The molecule has 1 unspecified atom stereocenters. The summed E-state index contributed by atoms with van der Waals surface area (Å²) in [5, 5.41) is 4.31. The van der Waals surface area contributed by atoms with Gasteiger partial charge in [0.15, 0.2) is 0 Å². The molecule has 0 spiro atoms. The maximum Gasteiger partial charge on any atom is 0.346 e. The molecule has 0 aromatic carbocycles. The second-order valence-corrected chi connectivity index (χ2v) is 6.11. The van der Waals surface area contributed by atoms with Crippen molar-refractivity contribution in [2.75, 3.05) is 18.8 Å². The first-order chi connectivity index (χ1) is 9.63. The van der Waals surface area contributed by atoms with Crippen LogP contribution in [0, 0.1) is 0 Å². The number of unbranched alkanes of at least 4 members (excludes halogenated alkanes) is 1. The molecule has 0 fully saturated rings. The Bertz CT molecular complexity index is 441. The van der Waals surface area contributed by atoms with Gasteiger partial charge in [-0.25, -0.2) is 9.78 Å². The van der Waals surface area contributed by atoms with E-state index in [1.54, 1.807) is 4.90 Å². The summed E-state index contributed by atoms with van der Waals surface area (Å²) in [5.74, 6) is 0.544. The molecule has 0 saturated carbocycles. The third kappa shape index (κ3) is 4.70. The summed E-state index contributed by atoms with van der Waals surface area (Å²) in [5.41, 5.74) is 0. The molecule has 0 aliphatic carbocycles. The number of hydrogen-bond acceptors (Lipinski definition) is 4. The zero-order chi connectivity index (χ0) is 15.0. The number of carbonyl (C=O) groups is 1. The van der Waals surface area contributed by atoms with Gasteiger partial charge in [0.1, 0.15) is 6.33 Å². The monoisotopic (exact) mass is 300 g/mol. The molecule has 6 nitrogen and oxygen atoms in total. The lowest BCUT2D eigenvalue weighted by atomic mass is 10.4. The first-order valence-corrected chi connectivity index (χ1v) is 8.55. The molecular weight excluding hydrogens is 276 g/mol. The molecule has 1 aromatic rings. The minimum absolute atomic E-state index is 0.194. The largest absolute Gasteiger partial charge is 0.346 e. The van der Waals surface area contributed by atoms with Crippen molar-refractivity contribution in [1.82, 2.24) is 19.7 Å². The third-order valence-corrected chi connectivity index (χ3v) is 4.07. The van der Waals surface area contributed by atoms with Crippen molar-refractivity contribution in [2.24, 2.45) is 0 Å². The van der Waals surface area contributed by atoms with E-state index >= 15 is 0 Å². The van der Waals surface area contributed by atoms with E-state index in [9.17, 15) is 9.00 Å². The average Bonchev–Trinajstić information content (AvgIpc) is 2.93. The van der Waals surface area contributed by atoms with E-state index in [1.807, 2.05) is 20.8 Å². The molecule has 114 valence electrons. The molecule has 20 heavy (non-hydrogen) atoms. The molecule has 1 aromatic heterocycles. The van der Waals surface area contributed by atoms with E-state index in [0.29, 0.717) is 18.8 Å². The van der Waals surface area contributed by atoms with Crippen LogP contribution in [0.25, 0.3) is 0 Å². The highest BCUT2D eigenvalue weighted by Crippen LogP contribution is 2.04. The fourth-order valence-electron chi connectivity index (χ4n) is 1.80. The molecule has 0 bridgehead atoms. The number of amides is 1. The van der Waals surface area contributed by atoms with E-state index < -0.39 is 10.8 Å². The Hall–Kier alpha value is -1.24. The van der Waals surface area contributed by atoms with Crippen LogP contribution in [0.4, 0.5) is 4.79 Å². The van der Waals surface area contributed by atoms with Crippen molar-refractivity contribution in [3.8, 4) is 0 Å². The summed E-state index contributed by atoms with van der Waals surface area (Å²) < 4.78 is 13.1. The highest BCUT2D eigenvalue weighted by Gasteiger charge is 2.17. The lowest BCUT2D eigenvalue weighted by Gasteiger charge is -2.20. The molecule has 1 heterocycles. The lowest BCUT2D eigenvalue weighted by Crippen LogP contribution is -2.36. The molecule has 1 atom stereocenters. The van der Waals surface area contributed by atoms with Crippen LogP contribution >= 0.6 is 0 Å². The number of hydrogen-bond donors (Lipinski definition) is 0. The summed E-state index contributed by atoms with van der Waals surface area (Å²) >= 11 is 0. The van der Waals surface area contributed by atoms with Crippen LogP contribution in [0.15, 0.2) is 11.5 Å². The maximum atomic E-state index is 12.3. The van der Waals surface area contributed by atoms with Crippen LogP contribution in [0.3, 0.4) is 0 Å². The van der Waals surface area contributed by atoms with Gasteiger partial charge in [-0.3, -0.25) is 4.21 Å². The molecular formula is C13H24N4O2S. The van der Waals surface area contributed by atoms with Gasteiger partial charge in [-0.2, -0.15) is 4.68 Å². The normalized spacial score (nSPS) is 12.3. The molecule has 0 radical (unpaired) electrons. The van der Waals surface area contributed by atoms with Crippen molar-refractivity contribution in [1.29, 1.82) is 0 Å². The van der Waals surface area contributed by atoms with Gasteiger partial charge in [-0.1, -0.05) is 27.2 Å². The third-order valence-electron chi connectivity index (χ3n) is 2.81. The Morgan fingerprint density at radius 2 is 1.90 bits per heavy atom. The quantitative estimate of drug-likeness (QED) is 0.738. The molecule has 1 amide bonds. The van der Waals surface area contributed by atoms with Crippen LogP contribution in [0.2, 0.25) is 0 Å². The van der Waals surface area contributed by atoms with Gasteiger partial charge in [-0.15, -0.1) is 5.10 Å². The second-order valence-electron chi connectivity index (χ2n) is 4.64.